The molecule has 0 radical (unpaired) electrons. The normalized spacial score (nSPS) is 14.3. The van der Waals surface area contributed by atoms with Crippen LogP contribution in [0.15, 0.2) is 48.5 Å². The summed E-state index contributed by atoms with van der Waals surface area (Å²) in [6, 6.07) is 15.2. The molecule has 4 rings (SSSR count). The number of nitrogen functional groups attached to an aromatic ring is 1. The summed E-state index contributed by atoms with van der Waals surface area (Å²) in [5.41, 5.74) is 8.56. The molecule has 8 nitrogen and oxygen atoms in total. The molecule has 1 aliphatic rings. The van der Waals surface area contributed by atoms with Crippen molar-refractivity contribution in [1.29, 1.82) is 0 Å². The highest BCUT2D eigenvalue weighted by molar-refractivity contribution is 6.04. The number of likely N-dealkylation sites (tertiary alicyclic amines) is 1. The molecule has 0 spiro atoms. The van der Waals surface area contributed by atoms with Gasteiger partial charge in [-0.15, -0.1) is 24.8 Å². The number of anilines is 2. The third kappa shape index (κ3) is 7.10. The second-order valence-corrected chi connectivity index (χ2v) is 9.00. The Morgan fingerprint density at radius 2 is 1.71 bits per heavy atom. The summed E-state index contributed by atoms with van der Waals surface area (Å²) in [5, 5.41) is 11.5. The molecule has 1 saturated heterocycles. The number of benzene rings is 2. The van der Waals surface area contributed by atoms with Crippen LogP contribution >= 0.6 is 24.8 Å². The van der Waals surface area contributed by atoms with Crippen LogP contribution in [0.1, 0.15) is 43.2 Å². The lowest BCUT2D eigenvalue weighted by molar-refractivity contribution is -0.117. The minimum absolute atomic E-state index is 0. The molecule has 190 valence electrons. The van der Waals surface area contributed by atoms with E-state index in [1.54, 1.807) is 24.3 Å². The zero-order valence-corrected chi connectivity index (χ0v) is 21.7. The molecule has 4 N–H and O–H groups in total. The van der Waals surface area contributed by atoms with Crippen LogP contribution < -0.4 is 16.4 Å². The van der Waals surface area contributed by atoms with Crippen LogP contribution in [-0.2, 0) is 4.79 Å². The average Bonchev–Trinajstić information content (AvgIpc) is 3.20. The fraction of sp³-hybridized carbons (Fsp3) is 0.400. The minimum Gasteiger partial charge on any atom is -0.399 e. The lowest BCUT2D eigenvalue weighted by Gasteiger charge is -2.31. The zero-order valence-electron chi connectivity index (χ0n) is 20.1. The van der Waals surface area contributed by atoms with Gasteiger partial charge in [-0.05, 0) is 76.0 Å². The molecule has 2 aromatic carbocycles. The van der Waals surface area contributed by atoms with Gasteiger partial charge in [0.25, 0.3) is 5.91 Å². The van der Waals surface area contributed by atoms with Crippen molar-refractivity contribution < 1.29 is 9.59 Å². The highest BCUT2D eigenvalue weighted by Gasteiger charge is 2.23. The molecule has 1 fully saturated rings. The first-order chi connectivity index (χ1) is 15.9. The number of fused-ring (bicyclic) bond motifs is 1. The van der Waals surface area contributed by atoms with E-state index >= 15 is 0 Å². The third-order valence-corrected chi connectivity index (χ3v) is 6.14. The Balaban J connectivity index is 0.00000216. The van der Waals surface area contributed by atoms with Crippen molar-refractivity contribution in [2.24, 2.45) is 5.92 Å². The molecular weight excluding hydrogens is 487 g/mol. The van der Waals surface area contributed by atoms with Crippen LogP contribution in [0, 0.1) is 5.92 Å². The van der Waals surface area contributed by atoms with Gasteiger partial charge in [-0.1, -0.05) is 18.2 Å². The van der Waals surface area contributed by atoms with E-state index in [4.69, 9.17) is 5.73 Å². The molecule has 1 aromatic heterocycles. The summed E-state index contributed by atoms with van der Waals surface area (Å²) in [6.45, 7) is 6.77. The molecule has 2 heterocycles. The van der Waals surface area contributed by atoms with Crippen LogP contribution in [0.5, 0.6) is 0 Å². The molecule has 0 atom stereocenters. The van der Waals surface area contributed by atoms with E-state index in [0.717, 1.165) is 42.5 Å². The van der Waals surface area contributed by atoms with E-state index in [1.165, 1.54) is 0 Å². The maximum atomic E-state index is 12.9. The van der Waals surface area contributed by atoms with Crippen LogP contribution in [0.3, 0.4) is 0 Å². The molecule has 0 aliphatic carbocycles. The monoisotopic (exact) mass is 520 g/mol. The number of nitrogens with two attached hydrogens (primary N) is 1. The Bertz CT molecular complexity index is 1120. The number of aromatic nitrogens is 2. The lowest BCUT2D eigenvalue weighted by Crippen LogP contribution is -2.42. The van der Waals surface area contributed by atoms with Crippen LogP contribution in [-0.4, -0.2) is 52.7 Å². The van der Waals surface area contributed by atoms with Gasteiger partial charge in [0.15, 0.2) is 5.69 Å². The Labute approximate surface area is 218 Å². The van der Waals surface area contributed by atoms with Gasteiger partial charge in [-0.25, -0.2) is 0 Å². The molecule has 10 heteroatoms. The zero-order chi connectivity index (χ0) is 23.4. The number of nitrogens with one attached hydrogen (secondary N) is 2. The summed E-state index contributed by atoms with van der Waals surface area (Å²) in [4.78, 5) is 27.4. The fourth-order valence-corrected chi connectivity index (χ4v) is 4.29. The molecule has 0 bridgehead atoms. The summed E-state index contributed by atoms with van der Waals surface area (Å²) in [7, 11) is 0. The van der Waals surface area contributed by atoms with Gasteiger partial charge in [-0.3, -0.25) is 19.2 Å². The van der Waals surface area contributed by atoms with Crippen LogP contribution in [0.25, 0.3) is 10.9 Å². The molecule has 0 saturated carbocycles. The first-order valence-electron chi connectivity index (χ1n) is 11.5. The number of piperidine rings is 1. The number of halogens is 2. The van der Waals surface area contributed by atoms with Gasteiger partial charge in [0.1, 0.15) is 0 Å². The van der Waals surface area contributed by atoms with Gasteiger partial charge in [0, 0.05) is 29.3 Å². The van der Waals surface area contributed by atoms with Crippen molar-refractivity contribution in [2.45, 2.75) is 32.7 Å². The number of carbonyl (C=O) groups excluding carboxylic acids is 2. The van der Waals surface area contributed by atoms with E-state index < -0.39 is 0 Å². The smallest absolute Gasteiger partial charge is 0.272 e. The quantitative estimate of drug-likeness (QED) is 0.406. The number of hydrogen-bond donors (Lipinski definition) is 3. The molecule has 35 heavy (non-hydrogen) atoms. The second-order valence-electron chi connectivity index (χ2n) is 9.00. The first-order valence-corrected chi connectivity index (χ1v) is 11.5. The fourth-order valence-electron chi connectivity index (χ4n) is 4.29. The van der Waals surface area contributed by atoms with Crippen molar-refractivity contribution in [1.82, 2.24) is 20.0 Å². The van der Waals surface area contributed by atoms with Crippen LogP contribution in [0.4, 0.5) is 11.4 Å². The van der Waals surface area contributed by atoms with Gasteiger partial charge >= 0.3 is 0 Å². The predicted molar refractivity (Wildman–Crippen MR) is 146 cm³/mol. The molecule has 0 unspecified atom stereocenters. The number of hydrogen-bond acceptors (Lipinski definition) is 5. The summed E-state index contributed by atoms with van der Waals surface area (Å²) in [6.07, 6.45) is 1.88. The van der Waals surface area contributed by atoms with E-state index in [0.29, 0.717) is 30.4 Å². The number of para-hydroxylation sites is 1. The van der Waals surface area contributed by atoms with Gasteiger partial charge in [-0.2, -0.15) is 5.10 Å². The molecule has 1 aliphatic heterocycles. The van der Waals surface area contributed by atoms with Crippen molar-refractivity contribution in [2.75, 3.05) is 37.2 Å². The van der Waals surface area contributed by atoms with E-state index in [-0.39, 0.29) is 42.7 Å². The largest absolute Gasteiger partial charge is 0.399 e. The standard InChI is InChI=1S/C25H32N6O2.2ClH/c1-17(2)31-22-6-4-3-5-21(22)24(29-31)25(33)27-15-18-11-13-30(14-12-18)16-23(32)28-20-9-7-19(26)8-10-20;;/h3-10,17-18H,11-16,26H2,1-2H3,(H,27,33)(H,28,32);2*1H. The summed E-state index contributed by atoms with van der Waals surface area (Å²) < 4.78 is 1.90. The Morgan fingerprint density at radius 1 is 1.06 bits per heavy atom. The molecule has 2 amide bonds. The second kappa shape index (κ2) is 12.8. The maximum Gasteiger partial charge on any atom is 0.272 e. The Morgan fingerprint density at radius 3 is 2.37 bits per heavy atom. The summed E-state index contributed by atoms with van der Waals surface area (Å²) in [5.74, 6) is 0.235. The molecule has 3 aromatic rings. The Hall–Kier alpha value is -2.81. The Kier molecular flexibility index (Phi) is 10.4. The predicted octanol–water partition coefficient (Wildman–Crippen LogP) is 4.12. The summed E-state index contributed by atoms with van der Waals surface area (Å²) >= 11 is 0. The number of rotatable bonds is 7. The highest BCUT2D eigenvalue weighted by Crippen LogP contribution is 2.22. The maximum absolute atomic E-state index is 12.9. The first kappa shape index (κ1) is 28.4. The van der Waals surface area contributed by atoms with E-state index in [9.17, 15) is 9.59 Å². The number of amides is 2. The van der Waals surface area contributed by atoms with Crippen molar-refractivity contribution in [3.63, 3.8) is 0 Å². The molecular formula is C25H34Cl2N6O2. The van der Waals surface area contributed by atoms with Crippen molar-refractivity contribution >= 4 is 58.9 Å². The lowest BCUT2D eigenvalue weighted by atomic mass is 9.96. The highest BCUT2D eigenvalue weighted by atomic mass is 35.5. The minimum atomic E-state index is -0.129. The van der Waals surface area contributed by atoms with Crippen molar-refractivity contribution in [3.05, 3.63) is 54.2 Å². The SMILES string of the molecule is CC(C)n1nc(C(=O)NCC2CCN(CC(=O)Nc3ccc(N)cc3)CC2)c2ccccc21.Cl.Cl. The number of nitrogens with zero attached hydrogens (tertiary/aromatic N) is 3. The third-order valence-electron chi connectivity index (χ3n) is 6.14. The topological polar surface area (TPSA) is 105 Å². The van der Waals surface area contributed by atoms with Crippen LogP contribution in [0.2, 0.25) is 0 Å². The average molecular weight is 521 g/mol. The van der Waals surface area contributed by atoms with Gasteiger partial charge in [0.05, 0.1) is 12.1 Å². The van der Waals surface area contributed by atoms with E-state index in [1.807, 2.05) is 28.9 Å². The van der Waals surface area contributed by atoms with E-state index in [2.05, 4.69) is 34.5 Å². The van der Waals surface area contributed by atoms with Crippen molar-refractivity contribution in [3.8, 4) is 0 Å². The van der Waals surface area contributed by atoms with Gasteiger partial charge in [0.2, 0.25) is 5.91 Å². The van der Waals surface area contributed by atoms with Gasteiger partial charge < -0.3 is 16.4 Å². The number of carbonyl (C=O) groups is 2.